The molecule has 3 aromatic carbocycles. The van der Waals surface area contributed by atoms with E-state index in [1.54, 1.807) is 13.8 Å². The smallest absolute Gasteiger partial charge is 0.407 e. The van der Waals surface area contributed by atoms with Crippen LogP contribution in [0.4, 0.5) is 9.59 Å². The molecular weight excluding hydrogens is 692 g/mol. The predicted octanol–water partition coefficient (Wildman–Crippen LogP) is 5.62. The largest absolute Gasteiger partial charge is 0.465 e. The molecule has 0 bridgehead atoms. The number of methoxy groups -OCH3 is 1. The summed E-state index contributed by atoms with van der Waals surface area (Å²) in [5.41, 5.74) is 5.07. The Balaban J connectivity index is 0.908. The molecule has 5 aromatic rings. The number of hydrogen-bond acceptors (Lipinski definition) is 8. The molecule has 54 heavy (non-hydrogen) atoms. The van der Waals surface area contributed by atoms with Gasteiger partial charge in [-0.2, -0.15) is 0 Å². The van der Waals surface area contributed by atoms with E-state index in [4.69, 9.17) is 24.5 Å². The third kappa shape index (κ3) is 5.93. The quantitative estimate of drug-likeness (QED) is 0.128. The molecule has 5 N–H and O–H groups in total. The van der Waals surface area contributed by atoms with Crippen LogP contribution in [0.15, 0.2) is 60.7 Å². The zero-order valence-corrected chi connectivity index (χ0v) is 29.9. The van der Waals surface area contributed by atoms with Crippen molar-refractivity contribution in [1.29, 1.82) is 0 Å². The number of fused-ring (bicyclic) bond motifs is 4. The van der Waals surface area contributed by atoms with Crippen LogP contribution in [0.1, 0.15) is 63.3 Å². The lowest BCUT2D eigenvalue weighted by Crippen LogP contribution is -2.47. The Morgan fingerprint density at radius 2 is 1.39 bits per heavy atom. The number of rotatable bonds is 9. The molecule has 9 rings (SSSR count). The van der Waals surface area contributed by atoms with Crippen molar-refractivity contribution >= 4 is 46.1 Å². The molecule has 2 aliphatic carbocycles. The number of carbonyl (C=O) groups is 4. The summed E-state index contributed by atoms with van der Waals surface area (Å²) in [4.78, 5) is 69.9. The Labute approximate surface area is 309 Å². The molecular formula is C39H40N8O7. The number of aromatic nitrogens is 4. The monoisotopic (exact) mass is 732 g/mol. The third-order valence-electron chi connectivity index (χ3n) is 11.4. The van der Waals surface area contributed by atoms with Crippen LogP contribution in [-0.4, -0.2) is 90.1 Å². The highest BCUT2D eigenvalue weighted by Gasteiger charge is 2.57. The second kappa shape index (κ2) is 12.8. The minimum Gasteiger partial charge on any atom is -0.465 e. The number of hydrogen-bond donors (Lipinski definition) is 5. The number of H-pyrrole nitrogens is 2. The number of nitrogens with one attached hydrogen (secondary N) is 4. The van der Waals surface area contributed by atoms with Gasteiger partial charge < -0.3 is 45.0 Å². The van der Waals surface area contributed by atoms with E-state index in [1.165, 1.54) is 7.11 Å². The van der Waals surface area contributed by atoms with Crippen molar-refractivity contribution in [1.82, 2.24) is 40.4 Å². The van der Waals surface area contributed by atoms with Gasteiger partial charge in [0.15, 0.2) is 5.75 Å². The number of benzene rings is 3. The van der Waals surface area contributed by atoms with Gasteiger partial charge in [0.2, 0.25) is 11.8 Å². The number of alkyl carbamates (subject to hydrolysis) is 1. The van der Waals surface area contributed by atoms with E-state index in [0.717, 1.165) is 53.4 Å². The average Bonchev–Trinajstić information content (AvgIpc) is 3.82. The summed E-state index contributed by atoms with van der Waals surface area (Å²) in [6, 6.07) is 17.7. The summed E-state index contributed by atoms with van der Waals surface area (Å²) in [6.45, 7) is 3.24. The molecule has 0 radical (unpaired) electrons. The molecule has 4 amide bonds. The van der Waals surface area contributed by atoms with Gasteiger partial charge in [-0.05, 0) is 98.9 Å². The number of piperidine rings is 2. The first-order valence-corrected chi connectivity index (χ1v) is 18.3. The fraction of sp³-hybridized carbons (Fsp3) is 0.385. The van der Waals surface area contributed by atoms with Gasteiger partial charge in [0.05, 0.1) is 35.7 Å². The Morgan fingerprint density at radius 3 is 2.04 bits per heavy atom. The number of aromatic amines is 2. The van der Waals surface area contributed by atoms with Crippen molar-refractivity contribution in [3.63, 3.8) is 0 Å². The van der Waals surface area contributed by atoms with Crippen molar-refractivity contribution in [3.05, 3.63) is 72.3 Å². The number of amides is 4. The SMILES string of the molecule is COC(=O)N[C@@H](C)C(=O)N1[C@@H]2C[C@H]2C[C@H]1c1nc2c(Oc3ccc(-c4ccc5nc([C@@H]6C[C@H]7C[C@H]7N6C(=O)[C@H](C)NC(=O)O)[nH]c5c4)cc3)cccc2[nH]1. The van der Waals surface area contributed by atoms with Crippen LogP contribution in [-0.2, 0) is 14.3 Å². The fourth-order valence-electron chi connectivity index (χ4n) is 8.50. The number of likely N-dealkylation sites (tertiary alicyclic amines) is 2. The zero-order valence-electron chi connectivity index (χ0n) is 29.9. The first-order valence-electron chi connectivity index (χ1n) is 18.3. The van der Waals surface area contributed by atoms with E-state index >= 15 is 0 Å². The molecule has 15 heteroatoms. The van der Waals surface area contributed by atoms with Crippen LogP contribution >= 0.6 is 0 Å². The van der Waals surface area contributed by atoms with Gasteiger partial charge in [0.25, 0.3) is 0 Å². The highest BCUT2D eigenvalue weighted by molar-refractivity contribution is 5.88. The predicted molar refractivity (Wildman–Crippen MR) is 196 cm³/mol. The van der Waals surface area contributed by atoms with Gasteiger partial charge >= 0.3 is 12.2 Å². The van der Waals surface area contributed by atoms with Crippen LogP contribution in [0, 0.1) is 11.8 Å². The maximum absolute atomic E-state index is 13.4. The molecule has 0 spiro atoms. The Kier molecular flexibility index (Phi) is 7.97. The number of ether oxygens (including phenoxy) is 2. The third-order valence-corrected chi connectivity index (χ3v) is 11.4. The maximum atomic E-state index is 13.4. The van der Waals surface area contributed by atoms with Crippen molar-refractivity contribution in [2.75, 3.05) is 7.11 Å². The van der Waals surface area contributed by atoms with E-state index < -0.39 is 24.3 Å². The lowest BCUT2D eigenvalue weighted by molar-refractivity contribution is -0.135. The molecule has 2 saturated heterocycles. The molecule has 8 atom stereocenters. The maximum Gasteiger partial charge on any atom is 0.407 e. The number of carbonyl (C=O) groups excluding carboxylic acids is 3. The van der Waals surface area contributed by atoms with Crippen molar-refractivity contribution < 1.29 is 33.8 Å². The van der Waals surface area contributed by atoms with Gasteiger partial charge in [-0.3, -0.25) is 9.59 Å². The minimum atomic E-state index is -1.22. The molecule has 4 aliphatic rings. The number of para-hydroxylation sites is 1. The second-order valence-electron chi connectivity index (χ2n) is 14.9. The molecule has 2 saturated carbocycles. The summed E-state index contributed by atoms with van der Waals surface area (Å²) < 4.78 is 11.0. The highest BCUT2D eigenvalue weighted by atomic mass is 16.5. The number of imidazole rings is 2. The van der Waals surface area contributed by atoms with Gasteiger partial charge in [-0.25, -0.2) is 19.6 Å². The van der Waals surface area contributed by atoms with Crippen LogP contribution in [0.5, 0.6) is 11.5 Å². The molecule has 4 heterocycles. The van der Waals surface area contributed by atoms with E-state index in [1.807, 2.05) is 70.5 Å². The van der Waals surface area contributed by atoms with E-state index in [-0.39, 0.29) is 36.0 Å². The van der Waals surface area contributed by atoms with Crippen molar-refractivity contribution in [2.45, 2.75) is 75.8 Å². The first-order chi connectivity index (χ1) is 26.1. The second-order valence-corrected chi connectivity index (χ2v) is 14.9. The van der Waals surface area contributed by atoms with Gasteiger partial charge in [-0.1, -0.05) is 24.3 Å². The van der Waals surface area contributed by atoms with Crippen molar-refractivity contribution in [3.8, 4) is 22.6 Å². The summed E-state index contributed by atoms with van der Waals surface area (Å²) >= 11 is 0. The van der Waals surface area contributed by atoms with E-state index in [9.17, 15) is 19.2 Å². The standard InChI is InChI=1S/C39H40N8O7/c1-18(40-38(50)51)36(48)46-28-14-22(28)16-30(46)34-42-25-12-9-21(13-27(25)44-34)20-7-10-24(11-8-20)54-32-6-4-5-26-33(32)45-35(43-26)31-17-23-15-29(23)47(31)37(49)19(2)41-39(52)53-3/h4-13,18-19,22-23,28-31,40H,14-17H2,1-3H3,(H,41,52)(H,42,44)(H,43,45)(H,50,51)/t18-,19-,22+,23-,28+,29+,30-,31-/m0/s1. The van der Waals surface area contributed by atoms with Gasteiger partial charge in [0, 0.05) is 12.1 Å². The van der Waals surface area contributed by atoms with Crippen LogP contribution in [0.25, 0.3) is 33.2 Å². The highest BCUT2D eigenvalue weighted by Crippen LogP contribution is 2.54. The molecule has 278 valence electrons. The molecule has 15 nitrogen and oxygen atoms in total. The van der Waals surface area contributed by atoms with Crippen LogP contribution < -0.4 is 15.4 Å². The van der Waals surface area contributed by atoms with Gasteiger partial charge in [0.1, 0.15) is 35.0 Å². The number of nitrogens with zero attached hydrogens (tertiary/aromatic N) is 4. The lowest BCUT2D eigenvalue weighted by Gasteiger charge is -2.29. The summed E-state index contributed by atoms with van der Waals surface area (Å²) in [7, 11) is 1.27. The summed E-state index contributed by atoms with van der Waals surface area (Å²) in [5.74, 6) is 3.05. The van der Waals surface area contributed by atoms with Crippen molar-refractivity contribution in [2.24, 2.45) is 11.8 Å². The topological polar surface area (TPSA) is 195 Å². The summed E-state index contributed by atoms with van der Waals surface area (Å²) in [5, 5.41) is 14.0. The number of carboxylic acid groups (broad SMARTS) is 1. The van der Waals surface area contributed by atoms with Gasteiger partial charge in [-0.15, -0.1) is 0 Å². The minimum absolute atomic E-state index is 0.123. The van der Waals surface area contributed by atoms with Crippen LogP contribution in [0.2, 0.25) is 0 Å². The van der Waals surface area contributed by atoms with E-state index in [0.29, 0.717) is 40.5 Å². The van der Waals surface area contributed by atoms with Crippen LogP contribution in [0.3, 0.4) is 0 Å². The Morgan fingerprint density at radius 1 is 0.778 bits per heavy atom. The molecule has 2 aromatic heterocycles. The fourth-order valence-corrected chi connectivity index (χ4v) is 8.50. The average molecular weight is 733 g/mol. The van der Waals surface area contributed by atoms with E-state index in [2.05, 4.69) is 20.6 Å². The Bertz CT molecular complexity index is 2320. The molecule has 2 aliphatic heterocycles. The summed E-state index contributed by atoms with van der Waals surface area (Å²) in [6.07, 6.45) is 1.62. The first kappa shape index (κ1) is 33.7. The molecule has 0 unspecified atom stereocenters. The zero-order chi connectivity index (χ0) is 37.4. The Hall–Kier alpha value is -6.12. The molecule has 4 fully saturated rings. The lowest BCUT2D eigenvalue weighted by atomic mass is 10.1. The normalized spacial score (nSPS) is 24.8.